The molecule has 1 aromatic carbocycles. The van der Waals surface area contributed by atoms with Crippen molar-refractivity contribution in [3.8, 4) is 0 Å². The van der Waals surface area contributed by atoms with E-state index in [0.29, 0.717) is 6.54 Å². The van der Waals surface area contributed by atoms with E-state index in [-0.39, 0.29) is 23.3 Å². The number of nitrogens with one attached hydrogen (secondary N) is 2. The van der Waals surface area contributed by atoms with Gasteiger partial charge in [0.1, 0.15) is 5.82 Å². The van der Waals surface area contributed by atoms with Crippen molar-refractivity contribution in [3.63, 3.8) is 0 Å². The maximum Gasteiger partial charge on any atom is 0.234 e. The molecule has 1 saturated heterocycles. The van der Waals surface area contributed by atoms with Crippen LogP contribution in [0.2, 0.25) is 0 Å². The number of thioether (sulfide) groups is 1. The van der Waals surface area contributed by atoms with Gasteiger partial charge in [-0.15, -0.1) is 11.8 Å². The minimum Gasteiger partial charge on any atom is -0.357 e. The molecule has 1 aliphatic rings. The van der Waals surface area contributed by atoms with Crippen molar-refractivity contribution in [1.29, 1.82) is 0 Å². The van der Waals surface area contributed by atoms with Gasteiger partial charge in [-0.2, -0.15) is 0 Å². The van der Waals surface area contributed by atoms with Crippen LogP contribution in [0.3, 0.4) is 0 Å². The molecule has 160 valence electrons. The number of hydrogen-bond donors (Lipinski definition) is 2. The van der Waals surface area contributed by atoms with Gasteiger partial charge in [0.15, 0.2) is 0 Å². The Hall–Kier alpha value is -2.54. The predicted molar refractivity (Wildman–Crippen MR) is 124 cm³/mol. The van der Waals surface area contributed by atoms with E-state index in [0.717, 1.165) is 35.7 Å². The second-order valence-corrected chi connectivity index (χ2v) is 8.60. The first-order valence-corrected chi connectivity index (χ1v) is 11.7. The molecule has 2 N–H and O–H groups in total. The monoisotopic (exact) mass is 426 g/mol. The van der Waals surface area contributed by atoms with E-state index >= 15 is 0 Å². The van der Waals surface area contributed by atoms with E-state index in [1.54, 1.807) is 0 Å². The Balaban J connectivity index is 1.34. The summed E-state index contributed by atoms with van der Waals surface area (Å²) in [7, 11) is 0. The van der Waals surface area contributed by atoms with Gasteiger partial charge in [0.25, 0.3) is 0 Å². The molecule has 0 saturated carbocycles. The number of carbonyl (C=O) groups is 2. The molecule has 0 spiro atoms. The zero-order chi connectivity index (χ0) is 21.2. The lowest BCUT2D eigenvalue weighted by molar-refractivity contribution is -0.118. The Morgan fingerprint density at radius 3 is 2.33 bits per heavy atom. The molecular formula is C23H30N4O2S. The topological polar surface area (TPSA) is 74.3 Å². The number of aromatic nitrogens is 1. The van der Waals surface area contributed by atoms with E-state index < -0.39 is 0 Å². The molecule has 1 aliphatic heterocycles. The highest BCUT2D eigenvalue weighted by Crippen LogP contribution is 2.17. The minimum atomic E-state index is -0.107. The van der Waals surface area contributed by atoms with Gasteiger partial charge in [0.2, 0.25) is 11.8 Å². The van der Waals surface area contributed by atoms with Crippen LogP contribution in [0, 0.1) is 6.92 Å². The van der Waals surface area contributed by atoms with Gasteiger partial charge in [-0.05, 0) is 43.5 Å². The fraction of sp³-hybridized carbons (Fsp3) is 0.435. The highest BCUT2D eigenvalue weighted by Gasteiger charge is 2.11. The van der Waals surface area contributed by atoms with Gasteiger partial charge < -0.3 is 15.5 Å². The normalized spacial score (nSPS) is 14.1. The van der Waals surface area contributed by atoms with Crippen molar-refractivity contribution in [3.05, 3.63) is 53.7 Å². The van der Waals surface area contributed by atoms with Gasteiger partial charge in [0.05, 0.1) is 11.5 Å². The Morgan fingerprint density at radius 2 is 1.67 bits per heavy atom. The summed E-state index contributed by atoms with van der Waals surface area (Å²) in [5, 5.41) is 5.73. The highest BCUT2D eigenvalue weighted by molar-refractivity contribution is 8.00. The number of benzene rings is 1. The van der Waals surface area contributed by atoms with Crippen molar-refractivity contribution in [2.45, 2.75) is 39.2 Å². The Bertz CT molecular complexity index is 816. The zero-order valence-electron chi connectivity index (χ0n) is 17.5. The van der Waals surface area contributed by atoms with Crippen molar-refractivity contribution in [1.82, 2.24) is 10.3 Å². The summed E-state index contributed by atoms with van der Waals surface area (Å²) < 4.78 is 0. The van der Waals surface area contributed by atoms with Crippen LogP contribution < -0.4 is 15.5 Å². The Labute approximate surface area is 182 Å². The van der Waals surface area contributed by atoms with Gasteiger partial charge in [0, 0.05) is 31.5 Å². The van der Waals surface area contributed by atoms with Crippen LogP contribution in [0.4, 0.5) is 11.5 Å². The second kappa shape index (κ2) is 11.6. The predicted octanol–water partition coefficient (Wildman–Crippen LogP) is 3.76. The zero-order valence-corrected chi connectivity index (χ0v) is 18.3. The van der Waals surface area contributed by atoms with Crippen LogP contribution in [0.15, 0.2) is 42.6 Å². The number of hydrogen-bond acceptors (Lipinski definition) is 5. The maximum absolute atomic E-state index is 12.1. The van der Waals surface area contributed by atoms with Gasteiger partial charge in [-0.3, -0.25) is 9.59 Å². The summed E-state index contributed by atoms with van der Waals surface area (Å²) in [5.41, 5.74) is 2.89. The van der Waals surface area contributed by atoms with Crippen LogP contribution in [-0.2, 0) is 16.1 Å². The molecule has 1 aromatic heterocycles. The smallest absolute Gasteiger partial charge is 0.234 e. The third-order valence-electron chi connectivity index (χ3n) is 5.03. The van der Waals surface area contributed by atoms with Crippen LogP contribution >= 0.6 is 11.8 Å². The molecule has 0 bridgehead atoms. The van der Waals surface area contributed by atoms with Crippen molar-refractivity contribution in [2.24, 2.45) is 0 Å². The van der Waals surface area contributed by atoms with Crippen molar-refractivity contribution in [2.75, 3.05) is 34.8 Å². The first kappa shape index (κ1) is 22.2. The fourth-order valence-corrected chi connectivity index (χ4v) is 3.98. The largest absolute Gasteiger partial charge is 0.357 e. The molecule has 2 amide bonds. The lowest BCUT2D eigenvalue weighted by atomic mass is 10.2. The van der Waals surface area contributed by atoms with Crippen molar-refractivity contribution >= 4 is 35.1 Å². The lowest BCUT2D eigenvalue weighted by Gasteiger charge is -2.21. The number of aryl methyl sites for hydroxylation is 1. The molecule has 3 rings (SSSR count). The molecule has 1 fully saturated rings. The van der Waals surface area contributed by atoms with E-state index in [1.165, 1.54) is 37.4 Å². The Kier molecular flexibility index (Phi) is 8.56. The number of amides is 2. The molecule has 0 unspecified atom stereocenters. The fourth-order valence-electron chi connectivity index (χ4n) is 3.33. The molecule has 2 heterocycles. The van der Waals surface area contributed by atoms with Crippen LogP contribution in [-0.4, -0.2) is 41.4 Å². The summed E-state index contributed by atoms with van der Waals surface area (Å²) in [6.45, 7) is 4.58. The van der Waals surface area contributed by atoms with E-state index in [4.69, 9.17) is 0 Å². The number of pyridine rings is 1. The van der Waals surface area contributed by atoms with E-state index in [1.807, 2.05) is 49.5 Å². The minimum absolute atomic E-state index is 0.0836. The number of nitrogens with zero attached hydrogens (tertiary/aromatic N) is 2. The van der Waals surface area contributed by atoms with Gasteiger partial charge in [-0.1, -0.05) is 36.6 Å². The van der Waals surface area contributed by atoms with Gasteiger partial charge >= 0.3 is 0 Å². The van der Waals surface area contributed by atoms with Crippen LogP contribution in [0.5, 0.6) is 0 Å². The third-order valence-corrected chi connectivity index (χ3v) is 5.96. The number of rotatable bonds is 8. The molecule has 30 heavy (non-hydrogen) atoms. The first-order chi connectivity index (χ1) is 14.6. The molecule has 0 aliphatic carbocycles. The van der Waals surface area contributed by atoms with Crippen LogP contribution in [0.1, 0.15) is 36.8 Å². The third kappa shape index (κ3) is 7.37. The quantitative estimate of drug-likeness (QED) is 0.672. The molecule has 0 radical (unpaired) electrons. The lowest BCUT2D eigenvalue weighted by Crippen LogP contribution is -2.26. The average molecular weight is 427 g/mol. The number of carbonyl (C=O) groups excluding carboxylic acids is 2. The molecule has 0 atom stereocenters. The summed E-state index contributed by atoms with van der Waals surface area (Å²) in [4.78, 5) is 30.9. The number of anilines is 2. The molecule has 7 heteroatoms. The van der Waals surface area contributed by atoms with E-state index in [9.17, 15) is 9.59 Å². The summed E-state index contributed by atoms with van der Waals surface area (Å²) in [5.74, 6) is 1.32. The molecular weight excluding hydrogens is 396 g/mol. The standard InChI is InChI=1S/C23H30N4O2S/c1-18-6-9-20(10-7-18)26-23(29)17-30-16-22(28)25-15-19-8-11-21(24-14-19)27-12-4-2-3-5-13-27/h6-11,14H,2-5,12-13,15-17H2,1H3,(H,25,28)(H,26,29). The first-order valence-electron chi connectivity index (χ1n) is 10.5. The SMILES string of the molecule is Cc1ccc(NC(=O)CSCC(=O)NCc2ccc(N3CCCCCC3)nc2)cc1. The second-order valence-electron chi connectivity index (χ2n) is 7.61. The summed E-state index contributed by atoms with van der Waals surface area (Å²) in [6, 6.07) is 11.7. The summed E-state index contributed by atoms with van der Waals surface area (Å²) >= 11 is 1.30. The summed E-state index contributed by atoms with van der Waals surface area (Å²) in [6.07, 6.45) is 6.88. The van der Waals surface area contributed by atoms with E-state index in [2.05, 4.69) is 20.5 Å². The van der Waals surface area contributed by atoms with Gasteiger partial charge in [-0.25, -0.2) is 4.98 Å². The van der Waals surface area contributed by atoms with Crippen LogP contribution in [0.25, 0.3) is 0 Å². The Morgan fingerprint density at radius 1 is 0.967 bits per heavy atom. The maximum atomic E-state index is 12.1. The van der Waals surface area contributed by atoms with Crippen molar-refractivity contribution < 1.29 is 9.59 Å². The highest BCUT2D eigenvalue weighted by atomic mass is 32.2. The molecule has 2 aromatic rings. The average Bonchev–Trinajstić information content (AvgIpc) is 3.04. The molecule has 6 nitrogen and oxygen atoms in total.